The molecule has 84 valence electrons. The molecule has 2 heteroatoms. The number of hydrogen-bond acceptors (Lipinski definition) is 2. The zero-order valence-electron chi connectivity index (χ0n) is 10.2. The monoisotopic (exact) mass is 198 g/mol. The van der Waals surface area contributed by atoms with E-state index in [0.717, 1.165) is 6.54 Å². The maximum atomic E-state index is 6.18. The quantitative estimate of drug-likeness (QED) is 0.750. The van der Waals surface area contributed by atoms with Gasteiger partial charge >= 0.3 is 0 Å². The van der Waals surface area contributed by atoms with Gasteiger partial charge in [0, 0.05) is 18.6 Å². The molecule has 0 heterocycles. The summed E-state index contributed by atoms with van der Waals surface area (Å²) in [5.41, 5.74) is 6.54. The molecule has 0 radical (unpaired) electrons. The van der Waals surface area contributed by atoms with Crippen LogP contribution in [0.3, 0.4) is 0 Å². The van der Waals surface area contributed by atoms with Gasteiger partial charge in [0.1, 0.15) is 0 Å². The summed E-state index contributed by atoms with van der Waals surface area (Å²) < 4.78 is 0. The summed E-state index contributed by atoms with van der Waals surface area (Å²) in [4.78, 5) is 2.46. The lowest BCUT2D eigenvalue weighted by molar-refractivity contribution is 0.143. The number of nitrogens with zero attached hydrogens (tertiary/aromatic N) is 1. The van der Waals surface area contributed by atoms with Crippen LogP contribution in [-0.4, -0.2) is 30.6 Å². The Bertz CT molecular complexity index is 181. The molecule has 14 heavy (non-hydrogen) atoms. The van der Waals surface area contributed by atoms with E-state index in [9.17, 15) is 0 Å². The molecular weight excluding hydrogens is 172 g/mol. The molecule has 0 saturated heterocycles. The van der Waals surface area contributed by atoms with E-state index in [1.54, 1.807) is 0 Å². The van der Waals surface area contributed by atoms with Crippen molar-refractivity contribution in [3.05, 3.63) is 0 Å². The molecule has 2 N–H and O–H groups in total. The van der Waals surface area contributed by atoms with E-state index >= 15 is 0 Å². The Morgan fingerprint density at radius 2 is 2.21 bits per heavy atom. The van der Waals surface area contributed by atoms with Crippen LogP contribution in [-0.2, 0) is 0 Å². The summed E-state index contributed by atoms with van der Waals surface area (Å²) in [6, 6.07) is 1.09. The van der Waals surface area contributed by atoms with Gasteiger partial charge in [-0.25, -0.2) is 0 Å². The first kappa shape index (κ1) is 12.0. The van der Waals surface area contributed by atoms with Gasteiger partial charge in [0.05, 0.1) is 0 Å². The second kappa shape index (κ2) is 4.63. The van der Waals surface area contributed by atoms with E-state index in [0.29, 0.717) is 17.5 Å². The average molecular weight is 198 g/mol. The van der Waals surface area contributed by atoms with Gasteiger partial charge in [-0.1, -0.05) is 20.3 Å². The third-order valence-electron chi connectivity index (χ3n) is 4.11. The molecule has 2 nitrogen and oxygen atoms in total. The summed E-state index contributed by atoms with van der Waals surface area (Å²) in [5.74, 6) is 0. The summed E-state index contributed by atoms with van der Waals surface area (Å²) in [6.07, 6.45) is 5.05. The van der Waals surface area contributed by atoms with E-state index < -0.39 is 0 Å². The van der Waals surface area contributed by atoms with Crippen molar-refractivity contribution in [1.29, 1.82) is 0 Å². The molecule has 0 aliphatic heterocycles. The fourth-order valence-electron chi connectivity index (χ4n) is 2.49. The second-order valence-corrected chi connectivity index (χ2v) is 5.33. The van der Waals surface area contributed by atoms with Crippen LogP contribution in [0.4, 0.5) is 0 Å². The van der Waals surface area contributed by atoms with Crippen LogP contribution < -0.4 is 5.73 Å². The normalized spacial score (nSPS) is 35.1. The number of nitrogens with two attached hydrogens (primary N) is 1. The summed E-state index contributed by atoms with van der Waals surface area (Å²) >= 11 is 0. The molecule has 0 spiro atoms. The Morgan fingerprint density at radius 3 is 2.64 bits per heavy atom. The van der Waals surface area contributed by atoms with Crippen LogP contribution >= 0.6 is 0 Å². The van der Waals surface area contributed by atoms with E-state index in [2.05, 4.69) is 32.7 Å². The Kier molecular flexibility index (Phi) is 3.96. The predicted molar refractivity (Wildman–Crippen MR) is 62.3 cm³/mol. The highest BCUT2D eigenvalue weighted by atomic mass is 15.1. The molecule has 1 aliphatic carbocycles. The molecule has 1 aliphatic rings. The Morgan fingerprint density at radius 1 is 1.57 bits per heavy atom. The molecule has 3 atom stereocenters. The topological polar surface area (TPSA) is 29.3 Å². The SMILES string of the molecule is CCC(C)N(C)CC1(C)CCCC1N. The van der Waals surface area contributed by atoms with Crippen LogP contribution in [0.1, 0.15) is 46.5 Å². The largest absolute Gasteiger partial charge is 0.327 e. The van der Waals surface area contributed by atoms with E-state index in [4.69, 9.17) is 5.73 Å². The summed E-state index contributed by atoms with van der Waals surface area (Å²) in [5, 5.41) is 0. The van der Waals surface area contributed by atoms with Crippen molar-refractivity contribution < 1.29 is 0 Å². The lowest BCUT2D eigenvalue weighted by Gasteiger charge is -2.36. The van der Waals surface area contributed by atoms with Gasteiger partial charge in [-0.15, -0.1) is 0 Å². The minimum absolute atomic E-state index is 0.359. The molecule has 0 aromatic carbocycles. The van der Waals surface area contributed by atoms with Crippen molar-refractivity contribution in [3.8, 4) is 0 Å². The van der Waals surface area contributed by atoms with E-state index in [-0.39, 0.29) is 0 Å². The smallest absolute Gasteiger partial charge is 0.0105 e. The van der Waals surface area contributed by atoms with Crippen molar-refractivity contribution in [3.63, 3.8) is 0 Å². The highest BCUT2D eigenvalue weighted by Gasteiger charge is 2.37. The minimum atomic E-state index is 0.359. The standard InChI is InChI=1S/C12H26N2/c1-5-10(2)14(4)9-12(3)8-6-7-11(12)13/h10-11H,5-9,13H2,1-4H3. The maximum Gasteiger partial charge on any atom is 0.0105 e. The molecule has 0 aromatic rings. The van der Waals surface area contributed by atoms with Crippen molar-refractivity contribution in [1.82, 2.24) is 4.90 Å². The predicted octanol–water partition coefficient (Wildman–Crippen LogP) is 2.23. The number of hydrogen-bond donors (Lipinski definition) is 1. The first-order chi connectivity index (χ1) is 6.49. The molecule has 0 amide bonds. The van der Waals surface area contributed by atoms with Gasteiger partial charge in [0.25, 0.3) is 0 Å². The third kappa shape index (κ3) is 2.48. The highest BCUT2D eigenvalue weighted by molar-refractivity contribution is 4.93. The first-order valence-corrected chi connectivity index (χ1v) is 5.95. The van der Waals surface area contributed by atoms with Crippen LogP contribution in [0, 0.1) is 5.41 Å². The van der Waals surface area contributed by atoms with Crippen molar-refractivity contribution >= 4 is 0 Å². The Labute approximate surface area is 88.8 Å². The van der Waals surface area contributed by atoms with Gasteiger partial charge < -0.3 is 10.6 Å². The summed E-state index contributed by atoms with van der Waals surface area (Å²) in [7, 11) is 2.23. The van der Waals surface area contributed by atoms with Crippen molar-refractivity contribution in [2.24, 2.45) is 11.1 Å². The fourth-order valence-corrected chi connectivity index (χ4v) is 2.49. The zero-order valence-corrected chi connectivity index (χ0v) is 10.2. The van der Waals surface area contributed by atoms with Crippen LogP contribution in [0.5, 0.6) is 0 Å². The third-order valence-corrected chi connectivity index (χ3v) is 4.11. The van der Waals surface area contributed by atoms with Crippen LogP contribution in [0.15, 0.2) is 0 Å². The molecule has 0 bridgehead atoms. The van der Waals surface area contributed by atoms with Crippen LogP contribution in [0.2, 0.25) is 0 Å². The van der Waals surface area contributed by atoms with Gasteiger partial charge in [-0.05, 0) is 38.6 Å². The lowest BCUT2D eigenvalue weighted by Crippen LogP contribution is -2.45. The molecule has 1 rings (SSSR count). The molecule has 1 fully saturated rings. The Balaban J connectivity index is 2.49. The van der Waals surface area contributed by atoms with Crippen LogP contribution in [0.25, 0.3) is 0 Å². The fraction of sp³-hybridized carbons (Fsp3) is 1.00. The van der Waals surface area contributed by atoms with Gasteiger partial charge in [-0.3, -0.25) is 0 Å². The highest BCUT2D eigenvalue weighted by Crippen LogP contribution is 2.37. The molecule has 1 saturated carbocycles. The Hall–Kier alpha value is -0.0800. The second-order valence-electron chi connectivity index (χ2n) is 5.33. The average Bonchev–Trinajstić information content (AvgIpc) is 2.45. The minimum Gasteiger partial charge on any atom is -0.327 e. The van der Waals surface area contributed by atoms with Gasteiger partial charge in [0.15, 0.2) is 0 Å². The van der Waals surface area contributed by atoms with Crippen molar-refractivity contribution in [2.45, 2.75) is 58.5 Å². The van der Waals surface area contributed by atoms with E-state index in [1.807, 2.05) is 0 Å². The summed E-state index contributed by atoms with van der Waals surface area (Å²) in [6.45, 7) is 8.05. The molecule has 3 unspecified atom stereocenters. The van der Waals surface area contributed by atoms with Gasteiger partial charge in [0.2, 0.25) is 0 Å². The molecule has 0 aromatic heterocycles. The maximum absolute atomic E-state index is 6.18. The van der Waals surface area contributed by atoms with Gasteiger partial charge in [-0.2, -0.15) is 0 Å². The van der Waals surface area contributed by atoms with Crippen molar-refractivity contribution in [2.75, 3.05) is 13.6 Å². The zero-order chi connectivity index (χ0) is 10.8. The lowest BCUT2D eigenvalue weighted by atomic mass is 9.84. The number of rotatable bonds is 4. The van der Waals surface area contributed by atoms with E-state index in [1.165, 1.54) is 25.7 Å². The molecular formula is C12H26N2. The first-order valence-electron chi connectivity index (χ1n) is 5.95.